The number of ether oxygens (including phenoxy) is 1. The minimum absolute atomic E-state index is 0.119. The van der Waals surface area contributed by atoms with Crippen molar-refractivity contribution in [3.8, 4) is 0 Å². The van der Waals surface area contributed by atoms with E-state index in [0.29, 0.717) is 45.3 Å². The number of hydrogen-bond acceptors (Lipinski definition) is 4. The average Bonchev–Trinajstić information content (AvgIpc) is 3.00. The van der Waals surface area contributed by atoms with Crippen LogP contribution in [0, 0.1) is 5.92 Å². The van der Waals surface area contributed by atoms with Gasteiger partial charge in [-0.25, -0.2) is 0 Å². The van der Waals surface area contributed by atoms with Crippen LogP contribution in [0.2, 0.25) is 0 Å². The highest BCUT2D eigenvalue weighted by molar-refractivity contribution is 7.86. The topological polar surface area (TPSA) is 82.7 Å². The molecule has 1 aromatic rings. The number of rotatable bonds is 4. The summed E-state index contributed by atoms with van der Waals surface area (Å²) in [7, 11) is -3.36. The second-order valence-electron chi connectivity index (χ2n) is 5.80. The molecule has 0 amide bonds. The van der Waals surface area contributed by atoms with Gasteiger partial charge in [-0.3, -0.25) is 4.79 Å². The number of pyridine rings is 1. The molecule has 3 heterocycles. The van der Waals surface area contributed by atoms with E-state index in [-0.39, 0.29) is 5.56 Å². The van der Waals surface area contributed by atoms with Crippen molar-refractivity contribution in [2.75, 3.05) is 39.4 Å². The predicted octanol–water partition coefficient (Wildman–Crippen LogP) is -0.184. The predicted molar refractivity (Wildman–Crippen MR) is 81.8 cm³/mol. The Morgan fingerprint density at radius 3 is 2.64 bits per heavy atom. The smallest absolute Gasteiger partial charge is 0.282 e. The summed E-state index contributed by atoms with van der Waals surface area (Å²) < 4.78 is 33.5. The van der Waals surface area contributed by atoms with Crippen LogP contribution in [-0.4, -0.2) is 61.4 Å². The highest BCUT2D eigenvalue weighted by atomic mass is 32.2. The minimum atomic E-state index is -3.36. The van der Waals surface area contributed by atoms with E-state index in [0.717, 1.165) is 18.4 Å². The van der Waals surface area contributed by atoms with Crippen LogP contribution in [0.4, 0.5) is 0 Å². The van der Waals surface area contributed by atoms with E-state index in [1.165, 1.54) is 10.4 Å². The summed E-state index contributed by atoms with van der Waals surface area (Å²) in [6, 6.07) is 3.31. The SMILES string of the molecule is O=c1ccc(C[C@@H]2CCN(S(=O)(=O)N3CCOCC3)C2)c[nH]1. The van der Waals surface area contributed by atoms with E-state index < -0.39 is 10.2 Å². The molecule has 0 bridgehead atoms. The fraction of sp³-hybridized carbons (Fsp3) is 0.643. The fourth-order valence-corrected chi connectivity index (χ4v) is 4.69. The van der Waals surface area contributed by atoms with E-state index >= 15 is 0 Å². The lowest BCUT2D eigenvalue weighted by Crippen LogP contribution is -2.47. The number of nitrogens with zero attached hydrogens (tertiary/aromatic N) is 2. The molecular weight excluding hydrogens is 306 g/mol. The van der Waals surface area contributed by atoms with Gasteiger partial charge < -0.3 is 9.72 Å². The Bertz CT molecular complexity index is 646. The largest absolute Gasteiger partial charge is 0.379 e. The van der Waals surface area contributed by atoms with Crippen molar-refractivity contribution in [3.05, 3.63) is 34.2 Å². The molecule has 1 N–H and O–H groups in total. The second kappa shape index (κ2) is 6.49. The Morgan fingerprint density at radius 2 is 1.95 bits per heavy atom. The molecule has 0 radical (unpaired) electrons. The van der Waals surface area contributed by atoms with Crippen molar-refractivity contribution in [2.45, 2.75) is 12.8 Å². The summed E-state index contributed by atoms with van der Waals surface area (Å²) in [5, 5.41) is 0. The second-order valence-corrected chi connectivity index (χ2v) is 7.73. The van der Waals surface area contributed by atoms with E-state index in [4.69, 9.17) is 4.74 Å². The number of morpholine rings is 1. The Balaban J connectivity index is 1.61. The standard InChI is InChI=1S/C14H21N3O4S/c18-14-2-1-12(10-15-14)9-13-3-4-17(11-13)22(19,20)16-5-7-21-8-6-16/h1-2,10,13H,3-9,11H2,(H,15,18)/t13-/m0/s1. The summed E-state index contributed by atoms with van der Waals surface area (Å²) in [6.07, 6.45) is 3.34. The van der Waals surface area contributed by atoms with Crippen molar-refractivity contribution < 1.29 is 13.2 Å². The van der Waals surface area contributed by atoms with Gasteiger partial charge in [0.1, 0.15) is 0 Å². The summed E-state index contributed by atoms with van der Waals surface area (Å²) in [6.45, 7) is 2.90. The highest BCUT2D eigenvalue weighted by Gasteiger charge is 2.36. The molecule has 3 rings (SSSR count). The molecule has 0 spiro atoms. The van der Waals surface area contributed by atoms with Crippen molar-refractivity contribution >= 4 is 10.2 Å². The van der Waals surface area contributed by atoms with Crippen LogP contribution in [-0.2, 0) is 21.4 Å². The quantitative estimate of drug-likeness (QED) is 0.831. The number of aromatic amines is 1. The number of aromatic nitrogens is 1. The third-order valence-electron chi connectivity index (χ3n) is 4.24. The summed E-state index contributed by atoms with van der Waals surface area (Å²) in [5.74, 6) is 0.293. The number of nitrogens with one attached hydrogen (secondary N) is 1. The molecule has 2 fully saturated rings. The highest BCUT2D eigenvalue weighted by Crippen LogP contribution is 2.24. The normalized spacial score (nSPS) is 24.6. The molecule has 2 saturated heterocycles. The maximum absolute atomic E-state index is 12.6. The molecule has 8 heteroatoms. The van der Waals surface area contributed by atoms with Gasteiger partial charge in [0.2, 0.25) is 5.56 Å². The first kappa shape index (κ1) is 15.7. The minimum Gasteiger partial charge on any atom is -0.379 e. The van der Waals surface area contributed by atoms with E-state index in [1.54, 1.807) is 16.6 Å². The van der Waals surface area contributed by atoms with Gasteiger partial charge in [-0.15, -0.1) is 0 Å². The summed E-state index contributed by atoms with van der Waals surface area (Å²) in [4.78, 5) is 13.7. The van der Waals surface area contributed by atoms with Gasteiger partial charge in [-0.05, 0) is 24.3 Å². The Morgan fingerprint density at radius 1 is 1.18 bits per heavy atom. The molecule has 2 aliphatic heterocycles. The lowest BCUT2D eigenvalue weighted by Gasteiger charge is -2.30. The van der Waals surface area contributed by atoms with Gasteiger partial charge in [-0.1, -0.05) is 6.07 Å². The zero-order valence-corrected chi connectivity index (χ0v) is 13.2. The summed E-state index contributed by atoms with van der Waals surface area (Å²) in [5.41, 5.74) is 0.918. The lowest BCUT2D eigenvalue weighted by molar-refractivity contribution is 0.0705. The molecule has 22 heavy (non-hydrogen) atoms. The van der Waals surface area contributed by atoms with Crippen LogP contribution in [0.1, 0.15) is 12.0 Å². The van der Waals surface area contributed by atoms with Crippen LogP contribution in [0.3, 0.4) is 0 Å². The first-order valence-corrected chi connectivity index (χ1v) is 8.96. The number of H-pyrrole nitrogens is 1. The Labute approximate surface area is 130 Å². The molecule has 122 valence electrons. The van der Waals surface area contributed by atoms with Gasteiger partial charge in [0.15, 0.2) is 0 Å². The van der Waals surface area contributed by atoms with Crippen LogP contribution in [0.25, 0.3) is 0 Å². The van der Waals surface area contributed by atoms with Gasteiger partial charge in [-0.2, -0.15) is 17.0 Å². The fourth-order valence-electron chi connectivity index (χ4n) is 3.02. The third-order valence-corrected chi connectivity index (χ3v) is 6.25. The lowest BCUT2D eigenvalue weighted by atomic mass is 10.0. The maximum Gasteiger partial charge on any atom is 0.282 e. The first-order chi connectivity index (χ1) is 10.6. The van der Waals surface area contributed by atoms with Gasteiger partial charge in [0, 0.05) is 38.4 Å². The molecule has 0 saturated carbocycles. The molecule has 0 unspecified atom stereocenters. The van der Waals surface area contributed by atoms with E-state index in [2.05, 4.69) is 4.98 Å². The zero-order valence-electron chi connectivity index (χ0n) is 12.4. The molecule has 1 aromatic heterocycles. The van der Waals surface area contributed by atoms with Crippen molar-refractivity contribution in [1.29, 1.82) is 0 Å². The molecule has 2 aliphatic rings. The average molecular weight is 327 g/mol. The Kier molecular flexibility index (Phi) is 4.62. The third kappa shape index (κ3) is 3.40. The van der Waals surface area contributed by atoms with E-state index in [1.807, 2.05) is 0 Å². The summed E-state index contributed by atoms with van der Waals surface area (Å²) >= 11 is 0. The maximum atomic E-state index is 12.6. The Hall–Kier alpha value is -1.22. The van der Waals surface area contributed by atoms with Crippen molar-refractivity contribution in [3.63, 3.8) is 0 Å². The van der Waals surface area contributed by atoms with Crippen molar-refractivity contribution in [1.82, 2.24) is 13.6 Å². The van der Waals surface area contributed by atoms with Gasteiger partial charge in [0.05, 0.1) is 13.2 Å². The molecule has 7 nitrogen and oxygen atoms in total. The van der Waals surface area contributed by atoms with Crippen LogP contribution < -0.4 is 5.56 Å². The van der Waals surface area contributed by atoms with Crippen LogP contribution >= 0.6 is 0 Å². The molecular formula is C14H21N3O4S. The number of hydrogen-bond donors (Lipinski definition) is 1. The van der Waals surface area contributed by atoms with Crippen molar-refractivity contribution in [2.24, 2.45) is 5.92 Å². The first-order valence-electron chi connectivity index (χ1n) is 7.56. The van der Waals surface area contributed by atoms with Crippen LogP contribution in [0.15, 0.2) is 23.1 Å². The van der Waals surface area contributed by atoms with Gasteiger partial charge in [0.25, 0.3) is 10.2 Å². The van der Waals surface area contributed by atoms with E-state index in [9.17, 15) is 13.2 Å². The van der Waals surface area contributed by atoms with Crippen LogP contribution in [0.5, 0.6) is 0 Å². The van der Waals surface area contributed by atoms with Gasteiger partial charge >= 0.3 is 0 Å². The molecule has 1 atom stereocenters. The zero-order chi connectivity index (χ0) is 15.6. The molecule has 0 aliphatic carbocycles. The monoisotopic (exact) mass is 327 g/mol. The molecule has 0 aromatic carbocycles.